The van der Waals surface area contributed by atoms with Crippen molar-refractivity contribution in [2.75, 3.05) is 12.9 Å². The molecule has 0 saturated heterocycles. The van der Waals surface area contributed by atoms with E-state index in [2.05, 4.69) is 4.74 Å². The smallest absolute Gasteiger partial charge is 0.867 e. The fourth-order valence-electron chi connectivity index (χ4n) is 0.445. The van der Waals surface area contributed by atoms with Crippen molar-refractivity contribution in [1.29, 1.82) is 0 Å². The van der Waals surface area contributed by atoms with Crippen LogP contribution in [-0.2, 0) is 19.4 Å². The first-order chi connectivity index (χ1) is 5.37. The molecule has 0 bridgehead atoms. The van der Waals surface area contributed by atoms with Crippen LogP contribution >= 0.6 is 0 Å². The molecule has 0 atom stereocenters. The largest absolute Gasteiger partial charge is 1.00 e. The van der Waals surface area contributed by atoms with Crippen molar-refractivity contribution in [2.45, 2.75) is 6.92 Å². The van der Waals surface area contributed by atoms with Gasteiger partial charge in [0.05, 0.1) is 6.61 Å². The first kappa shape index (κ1) is 15.4. The number of sulfone groups is 1. The summed E-state index contributed by atoms with van der Waals surface area (Å²) < 4.78 is 25.2. The molecular weight excluding hydrogens is 207 g/mol. The molecule has 0 radical (unpaired) electrons. The summed E-state index contributed by atoms with van der Waals surface area (Å²) in [7, 11) is -3.56. The Bertz CT molecular complexity index is 292. The average Bonchev–Trinajstić information content (AvgIpc) is 1.84. The van der Waals surface area contributed by atoms with Crippen molar-refractivity contribution < 1.29 is 52.6 Å². The third-order valence-electron chi connectivity index (χ3n) is 0.798. The van der Waals surface area contributed by atoms with Crippen LogP contribution in [0.5, 0.6) is 0 Å². The van der Waals surface area contributed by atoms with E-state index in [9.17, 15) is 18.3 Å². The number of carbonyl (C=O) groups excluding carboxylic acids is 1. The third-order valence-corrected chi connectivity index (χ3v) is 1.44. The molecule has 0 aliphatic rings. The topological polar surface area (TPSA) is 83.5 Å². The molecule has 0 aliphatic carbocycles. The van der Waals surface area contributed by atoms with Crippen LogP contribution in [0.2, 0.25) is 0 Å². The number of carbonyl (C=O) groups is 1. The molecule has 0 rings (SSSR count). The van der Waals surface area contributed by atoms with E-state index in [1.165, 1.54) is 6.92 Å². The normalized spacial score (nSPS) is 11.7. The molecule has 0 spiro atoms. The van der Waals surface area contributed by atoms with E-state index in [-0.39, 0.29) is 36.2 Å². The van der Waals surface area contributed by atoms with Gasteiger partial charge < -0.3 is 9.84 Å². The SMILES string of the molecule is CCOC(=O)/C([O-])=C/S(C)(=O)=O.[Na+]. The predicted octanol–water partition coefficient (Wildman–Crippen LogP) is -4.20. The van der Waals surface area contributed by atoms with E-state index >= 15 is 0 Å². The second-order valence-corrected chi connectivity index (χ2v) is 3.93. The summed E-state index contributed by atoms with van der Waals surface area (Å²) in [6.07, 6.45) is 0.824. The molecule has 0 aromatic heterocycles. The second-order valence-electron chi connectivity index (χ2n) is 2.03. The van der Waals surface area contributed by atoms with Crippen molar-refractivity contribution in [2.24, 2.45) is 0 Å². The fourth-order valence-corrected chi connectivity index (χ4v) is 0.930. The second kappa shape index (κ2) is 6.42. The standard InChI is InChI=1S/C6H10O5S.Na/c1-3-11-6(8)5(7)4-12(2,9)10;/h4,7H,3H2,1-2H3;/q;+1/p-1/b5-4-;. The predicted molar refractivity (Wildman–Crippen MR) is 39.6 cm³/mol. The molecular formula is C6H9NaO5S. The number of hydrogen-bond donors (Lipinski definition) is 0. The minimum Gasteiger partial charge on any atom is -0.867 e. The van der Waals surface area contributed by atoms with E-state index in [1.807, 2.05) is 0 Å². The maximum absolute atomic E-state index is 10.6. The van der Waals surface area contributed by atoms with Gasteiger partial charge in [0.15, 0.2) is 9.84 Å². The maximum Gasteiger partial charge on any atom is 1.00 e. The molecule has 0 unspecified atom stereocenters. The van der Waals surface area contributed by atoms with Crippen molar-refractivity contribution in [3.05, 3.63) is 11.2 Å². The third kappa shape index (κ3) is 8.29. The molecule has 0 amide bonds. The quantitative estimate of drug-likeness (QED) is 0.207. The summed E-state index contributed by atoms with van der Waals surface area (Å²) in [6, 6.07) is 0. The Morgan fingerprint density at radius 2 is 2.00 bits per heavy atom. The number of ether oxygens (including phenoxy) is 1. The zero-order chi connectivity index (χ0) is 9.78. The molecule has 0 N–H and O–H groups in total. The Balaban J connectivity index is 0. The van der Waals surface area contributed by atoms with Gasteiger partial charge in [-0.25, -0.2) is 13.2 Å². The zero-order valence-electron chi connectivity index (χ0n) is 7.73. The maximum atomic E-state index is 10.6. The van der Waals surface area contributed by atoms with Crippen LogP contribution in [0, 0.1) is 0 Å². The van der Waals surface area contributed by atoms with Crippen LogP contribution in [0.3, 0.4) is 0 Å². The van der Waals surface area contributed by atoms with Crippen LogP contribution in [-0.4, -0.2) is 27.2 Å². The van der Waals surface area contributed by atoms with Crippen LogP contribution in [0.25, 0.3) is 0 Å². The monoisotopic (exact) mass is 216 g/mol. The number of hydrogen-bond acceptors (Lipinski definition) is 5. The molecule has 13 heavy (non-hydrogen) atoms. The van der Waals surface area contributed by atoms with Crippen molar-refractivity contribution in [3.63, 3.8) is 0 Å². The van der Waals surface area contributed by atoms with Crippen molar-refractivity contribution in [1.82, 2.24) is 0 Å². The van der Waals surface area contributed by atoms with Crippen LogP contribution in [0.4, 0.5) is 0 Å². The van der Waals surface area contributed by atoms with E-state index in [1.54, 1.807) is 0 Å². The van der Waals surface area contributed by atoms with E-state index < -0.39 is 21.6 Å². The molecule has 0 saturated carbocycles. The summed E-state index contributed by atoms with van der Waals surface area (Å²) >= 11 is 0. The van der Waals surface area contributed by atoms with Gasteiger partial charge in [0, 0.05) is 11.7 Å². The summed E-state index contributed by atoms with van der Waals surface area (Å²) in [6.45, 7) is 1.56. The summed E-state index contributed by atoms with van der Waals surface area (Å²) in [5.74, 6) is -2.30. The first-order valence-corrected chi connectivity index (χ1v) is 5.08. The molecule has 0 aromatic rings. The molecule has 0 aromatic carbocycles. The molecule has 0 aliphatic heterocycles. The Morgan fingerprint density at radius 1 is 1.54 bits per heavy atom. The van der Waals surface area contributed by atoms with Gasteiger partial charge in [0.1, 0.15) is 0 Å². The van der Waals surface area contributed by atoms with Crippen LogP contribution in [0.15, 0.2) is 11.2 Å². The Labute approximate surface area is 99.0 Å². The number of rotatable bonds is 3. The molecule has 0 fully saturated rings. The van der Waals surface area contributed by atoms with Gasteiger partial charge in [-0.2, -0.15) is 0 Å². The fraction of sp³-hybridized carbons (Fsp3) is 0.500. The molecule has 5 nitrogen and oxygen atoms in total. The molecule has 7 heteroatoms. The summed E-state index contributed by atoms with van der Waals surface area (Å²) in [5, 5.41) is 11.0. The Hall–Kier alpha value is -0.0400. The van der Waals surface area contributed by atoms with Gasteiger partial charge in [-0.05, 0) is 12.7 Å². The van der Waals surface area contributed by atoms with E-state index in [0.717, 1.165) is 6.26 Å². The van der Waals surface area contributed by atoms with Gasteiger partial charge in [-0.1, -0.05) is 0 Å². The van der Waals surface area contributed by atoms with Crippen LogP contribution in [0.1, 0.15) is 6.92 Å². The van der Waals surface area contributed by atoms with Gasteiger partial charge in [0.2, 0.25) is 0 Å². The minimum atomic E-state index is -3.56. The van der Waals surface area contributed by atoms with E-state index in [4.69, 9.17) is 0 Å². The van der Waals surface area contributed by atoms with Crippen LogP contribution < -0.4 is 34.7 Å². The van der Waals surface area contributed by atoms with E-state index in [0.29, 0.717) is 5.41 Å². The first-order valence-electron chi connectivity index (χ1n) is 3.12. The van der Waals surface area contributed by atoms with Crippen molar-refractivity contribution in [3.8, 4) is 0 Å². The Morgan fingerprint density at radius 3 is 2.31 bits per heavy atom. The number of esters is 1. The zero-order valence-corrected chi connectivity index (χ0v) is 10.6. The average molecular weight is 216 g/mol. The minimum absolute atomic E-state index is 0. The summed E-state index contributed by atoms with van der Waals surface area (Å²) in [5.41, 5.74) is 0. The molecule has 0 heterocycles. The van der Waals surface area contributed by atoms with Gasteiger partial charge >= 0.3 is 35.5 Å². The van der Waals surface area contributed by atoms with Crippen molar-refractivity contribution >= 4 is 15.8 Å². The Kier molecular flexibility index (Phi) is 7.62. The summed E-state index contributed by atoms with van der Waals surface area (Å²) in [4.78, 5) is 10.6. The van der Waals surface area contributed by atoms with Gasteiger partial charge in [-0.3, -0.25) is 0 Å². The van der Waals surface area contributed by atoms with Gasteiger partial charge in [-0.15, -0.1) is 0 Å². The van der Waals surface area contributed by atoms with Gasteiger partial charge in [0.25, 0.3) is 0 Å². The molecule has 70 valence electrons.